The second-order valence-electron chi connectivity index (χ2n) is 14.3. The Balaban J connectivity index is 1.60. The molecule has 1 spiro atoms. The summed E-state index contributed by atoms with van der Waals surface area (Å²) in [6.45, 7) is 17.3. The van der Waals surface area contributed by atoms with Crippen LogP contribution in [0.1, 0.15) is 177 Å². The monoisotopic (exact) mass is 580 g/mol. The van der Waals surface area contributed by atoms with Crippen molar-refractivity contribution in [2.24, 2.45) is 11.3 Å². The van der Waals surface area contributed by atoms with E-state index in [-0.39, 0.29) is 28.4 Å². The Morgan fingerprint density at radius 1 is 0.732 bits per heavy atom. The van der Waals surface area contributed by atoms with E-state index in [0.29, 0.717) is 26.2 Å². The quantitative estimate of drug-likeness (QED) is 0.108. The van der Waals surface area contributed by atoms with Gasteiger partial charge in [0, 0.05) is 29.8 Å². The van der Waals surface area contributed by atoms with Gasteiger partial charge in [0.15, 0.2) is 5.79 Å². The van der Waals surface area contributed by atoms with E-state index in [9.17, 15) is 4.79 Å². The number of esters is 1. The molecule has 0 aliphatic carbocycles. The molecule has 0 bridgehead atoms. The Labute approximate surface area is 255 Å². The van der Waals surface area contributed by atoms with Crippen molar-refractivity contribution >= 4 is 5.97 Å². The molecule has 2 saturated heterocycles. The van der Waals surface area contributed by atoms with E-state index in [1.54, 1.807) is 0 Å². The summed E-state index contributed by atoms with van der Waals surface area (Å²) in [7, 11) is 0. The predicted octanol–water partition coefficient (Wildman–Crippen LogP) is 9.90. The van der Waals surface area contributed by atoms with E-state index in [4.69, 9.17) is 14.2 Å². The van der Waals surface area contributed by atoms with Gasteiger partial charge in [-0.1, -0.05) is 125 Å². The van der Waals surface area contributed by atoms with Crippen molar-refractivity contribution in [3.05, 3.63) is 0 Å². The number of nitrogens with one attached hydrogen (secondary N) is 1. The van der Waals surface area contributed by atoms with Crippen LogP contribution in [0.25, 0.3) is 0 Å². The highest BCUT2D eigenvalue weighted by atomic mass is 16.7. The number of hydrogen-bond donors (Lipinski definition) is 1. The van der Waals surface area contributed by atoms with Crippen LogP contribution < -0.4 is 5.32 Å². The van der Waals surface area contributed by atoms with E-state index in [0.717, 1.165) is 38.5 Å². The van der Waals surface area contributed by atoms with Gasteiger partial charge in [-0.3, -0.25) is 4.79 Å². The molecule has 0 amide bonds. The fourth-order valence-electron chi connectivity index (χ4n) is 6.95. The highest BCUT2D eigenvalue weighted by Crippen LogP contribution is 2.49. The van der Waals surface area contributed by atoms with Crippen LogP contribution in [-0.4, -0.2) is 42.7 Å². The zero-order valence-electron chi connectivity index (χ0n) is 28.5. The molecular formula is C36H69NO4. The van der Waals surface area contributed by atoms with Crippen LogP contribution in [0.4, 0.5) is 0 Å². The summed E-state index contributed by atoms with van der Waals surface area (Å²) < 4.78 is 19.2. The minimum absolute atomic E-state index is 0.0246. The molecule has 0 aromatic rings. The first-order valence-electron chi connectivity index (χ1n) is 17.8. The summed E-state index contributed by atoms with van der Waals surface area (Å²) >= 11 is 0. The molecule has 5 nitrogen and oxygen atoms in total. The first-order valence-corrected chi connectivity index (χ1v) is 17.8. The number of carbonyl (C=O) groups is 1. The first kappa shape index (κ1) is 36.5. The van der Waals surface area contributed by atoms with Crippen molar-refractivity contribution in [1.29, 1.82) is 0 Å². The summed E-state index contributed by atoms with van der Waals surface area (Å²) in [5.74, 6) is -0.431. The summed E-state index contributed by atoms with van der Waals surface area (Å²) in [5, 5.41) is 3.93. The molecule has 2 rings (SSSR count). The van der Waals surface area contributed by atoms with Crippen LogP contribution in [0, 0.1) is 11.3 Å². The van der Waals surface area contributed by atoms with Crippen LogP contribution in [0.3, 0.4) is 0 Å². The smallest absolute Gasteiger partial charge is 0.305 e. The maximum absolute atomic E-state index is 12.6. The molecule has 5 heteroatoms. The van der Waals surface area contributed by atoms with Crippen LogP contribution in [0.5, 0.6) is 0 Å². The van der Waals surface area contributed by atoms with Gasteiger partial charge in [0.05, 0.1) is 18.6 Å². The average molecular weight is 580 g/mol. The lowest BCUT2D eigenvalue weighted by Gasteiger charge is -2.60. The summed E-state index contributed by atoms with van der Waals surface area (Å²) in [6, 6.07) is 0. The van der Waals surface area contributed by atoms with Crippen molar-refractivity contribution in [3.8, 4) is 0 Å². The van der Waals surface area contributed by atoms with Crippen molar-refractivity contribution in [3.63, 3.8) is 0 Å². The van der Waals surface area contributed by atoms with Gasteiger partial charge >= 0.3 is 5.97 Å². The number of rotatable bonds is 21. The second-order valence-corrected chi connectivity index (χ2v) is 14.3. The van der Waals surface area contributed by atoms with Gasteiger partial charge in [0.25, 0.3) is 0 Å². The number of piperidine rings is 1. The second kappa shape index (κ2) is 18.2. The van der Waals surface area contributed by atoms with Gasteiger partial charge in [-0.2, -0.15) is 0 Å². The molecule has 2 fully saturated rings. The molecule has 0 radical (unpaired) electrons. The Morgan fingerprint density at radius 3 is 1.66 bits per heavy atom. The first-order chi connectivity index (χ1) is 19.6. The predicted molar refractivity (Wildman–Crippen MR) is 172 cm³/mol. The van der Waals surface area contributed by atoms with Crippen molar-refractivity contribution in [1.82, 2.24) is 5.32 Å². The van der Waals surface area contributed by atoms with Gasteiger partial charge in [-0.05, 0) is 39.5 Å². The molecule has 1 N–H and O–H groups in total. The highest BCUT2D eigenvalue weighted by molar-refractivity contribution is 5.69. The van der Waals surface area contributed by atoms with Crippen LogP contribution in [0.2, 0.25) is 0 Å². The molecule has 41 heavy (non-hydrogen) atoms. The van der Waals surface area contributed by atoms with Crippen LogP contribution >= 0.6 is 0 Å². The number of carbonyl (C=O) groups excluding carboxylic acids is 1. The molecule has 242 valence electrons. The third kappa shape index (κ3) is 11.4. The Morgan fingerprint density at radius 2 is 1.22 bits per heavy atom. The zero-order chi connectivity index (χ0) is 30.2. The standard InChI is InChI=1S/C36H69NO4/c1-8-12-13-14-15-16-17-18-19-20-21-22-23-24-25-26-32(38)39-28-35(11-4)29-40-36(41-30-35)27-33(6,9-2)37-34(7,10-3)31(36)5/h31,37H,8-30H2,1-7H3. The number of ether oxygens (including phenoxy) is 3. The molecule has 2 heterocycles. The molecule has 0 aromatic carbocycles. The summed E-state index contributed by atoms with van der Waals surface area (Å²) in [6.07, 6.45) is 24.2. The fraction of sp³-hybridized carbons (Fsp3) is 0.972. The molecule has 0 saturated carbocycles. The topological polar surface area (TPSA) is 56.8 Å². The lowest BCUT2D eigenvalue weighted by molar-refractivity contribution is -0.355. The average Bonchev–Trinajstić information content (AvgIpc) is 2.98. The lowest BCUT2D eigenvalue weighted by Crippen LogP contribution is -2.73. The van der Waals surface area contributed by atoms with E-state index < -0.39 is 5.79 Å². The minimum atomic E-state index is -0.586. The molecule has 2 aliphatic heterocycles. The Bertz CT molecular complexity index is 718. The lowest BCUT2D eigenvalue weighted by atomic mass is 9.67. The molecular weight excluding hydrogens is 510 g/mol. The highest BCUT2D eigenvalue weighted by Gasteiger charge is 2.59. The number of unbranched alkanes of at least 4 members (excludes halogenated alkanes) is 14. The molecule has 3 atom stereocenters. The van der Waals surface area contributed by atoms with Gasteiger partial charge in [-0.15, -0.1) is 0 Å². The van der Waals surface area contributed by atoms with Gasteiger partial charge in [0.2, 0.25) is 0 Å². The van der Waals surface area contributed by atoms with Crippen LogP contribution in [-0.2, 0) is 19.0 Å². The van der Waals surface area contributed by atoms with E-state index >= 15 is 0 Å². The third-order valence-electron chi connectivity index (χ3n) is 10.9. The van der Waals surface area contributed by atoms with Crippen LogP contribution in [0.15, 0.2) is 0 Å². The molecule has 3 unspecified atom stereocenters. The maximum Gasteiger partial charge on any atom is 0.305 e. The fourth-order valence-corrected chi connectivity index (χ4v) is 6.95. The van der Waals surface area contributed by atoms with Crippen molar-refractivity contribution in [2.75, 3.05) is 19.8 Å². The van der Waals surface area contributed by atoms with Gasteiger partial charge < -0.3 is 19.5 Å². The molecule has 0 aromatic heterocycles. The van der Waals surface area contributed by atoms with Gasteiger partial charge in [0.1, 0.15) is 6.61 Å². The third-order valence-corrected chi connectivity index (χ3v) is 10.9. The minimum Gasteiger partial charge on any atom is -0.465 e. The largest absolute Gasteiger partial charge is 0.465 e. The Kier molecular flexibility index (Phi) is 16.2. The van der Waals surface area contributed by atoms with E-state index in [1.807, 2.05) is 0 Å². The normalized spacial score (nSPS) is 31.9. The zero-order valence-corrected chi connectivity index (χ0v) is 28.5. The SMILES string of the molecule is CCCCCCCCCCCCCCCCCC(=O)OCC1(CC)COC2(CC(C)(CC)NC(C)(CC)C2C)OC1. The number of hydrogen-bond acceptors (Lipinski definition) is 5. The summed E-state index contributed by atoms with van der Waals surface area (Å²) in [5.41, 5.74) is -0.329. The van der Waals surface area contributed by atoms with Crippen molar-refractivity contribution < 1.29 is 19.0 Å². The van der Waals surface area contributed by atoms with Crippen molar-refractivity contribution in [2.45, 2.75) is 194 Å². The van der Waals surface area contributed by atoms with E-state index in [1.165, 1.54) is 83.5 Å². The molecule has 2 aliphatic rings. The Hall–Kier alpha value is -0.650. The van der Waals surface area contributed by atoms with Gasteiger partial charge in [-0.25, -0.2) is 0 Å². The maximum atomic E-state index is 12.6. The summed E-state index contributed by atoms with van der Waals surface area (Å²) in [4.78, 5) is 12.6. The van der Waals surface area contributed by atoms with E-state index in [2.05, 4.69) is 53.8 Å².